The van der Waals surface area contributed by atoms with E-state index in [1.807, 2.05) is 13.0 Å². The molecule has 0 amide bonds. The number of carbonyl (C=O) groups excluding carboxylic acids is 2. The van der Waals surface area contributed by atoms with Crippen LogP contribution in [0.15, 0.2) is 23.8 Å². The monoisotopic (exact) mass is 360 g/mol. The van der Waals surface area contributed by atoms with Crippen LogP contribution in [0.25, 0.3) is 0 Å². The average molecular weight is 360 g/mol. The van der Waals surface area contributed by atoms with Gasteiger partial charge in [-0.2, -0.15) is 0 Å². The second-order valence-corrected chi connectivity index (χ2v) is 9.19. The largest absolute Gasteiger partial charge is 0.393 e. The topological polar surface area (TPSA) is 94.8 Å². The first kappa shape index (κ1) is 18.1. The molecule has 142 valence electrons. The van der Waals surface area contributed by atoms with Crippen LogP contribution in [-0.2, 0) is 9.59 Å². The molecule has 0 bridgehead atoms. The van der Waals surface area contributed by atoms with Gasteiger partial charge in [0.15, 0.2) is 11.6 Å². The third-order valence-electron chi connectivity index (χ3n) is 8.25. The molecule has 3 fully saturated rings. The molecule has 0 aromatic carbocycles. The molecule has 0 saturated heterocycles. The van der Waals surface area contributed by atoms with E-state index >= 15 is 0 Å². The van der Waals surface area contributed by atoms with E-state index in [-0.39, 0.29) is 29.0 Å². The van der Waals surface area contributed by atoms with Crippen LogP contribution in [0.2, 0.25) is 0 Å². The lowest BCUT2D eigenvalue weighted by Gasteiger charge is -2.59. The molecule has 0 heterocycles. The molecule has 0 aliphatic heterocycles. The number of carbonyl (C=O) groups is 2. The van der Waals surface area contributed by atoms with Gasteiger partial charge in [0.1, 0.15) is 12.2 Å². The van der Waals surface area contributed by atoms with Crippen molar-refractivity contribution in [2.24, 2.45) is 28.6 Å². The zero-order valence-electron chi connectivity index (χ0n) is 15.4. The van der Waals surface area contributed by atoms with Crippen molar-refractivity contribution < 1.29 is 24.9 Å². The second kappa shape index (κ2) is 5.60. The number of fused-ring (bicyclic) bond motifs is 5. The lowest BCUT2D eigenvalue weighted by molar-refractivity contribution is -0.178. The number of aliphatic hydroxyl groups is 3. The first-order valence-electron chi connectivity index (χ1n) is 9.66. The summed E-state index contributed by atoms with van der Waals surface area (Å²) < 4.78 is 0. The summed E-state index contributed by atoms with van der Waals surface area (Å²) >= 11 is 0. The van der Waals surface area contributed by atoms with Crippen molar-refractivity contribution in [2.45, 2.75) is 57.7 Å². The summed E-state index contributed by atoms with van der Waals surface area (Å²) in [6, 6.07) is 0. The molecule has 0 unspecified atom stereocenters. The van der Waals surface area contributed by atoms with Crippen molar-refractivity contribution in [3.05, 3.63) is 23.8 Å². The molecule has 26 heavy (non-hydrogen) atoms. The molecule has 5 heteroatoms. The number of hydrogen-bond acceptors (Lipinski definition) is 5. The van der Waals surface area contributed by atoms with E-state index in [2.05, 4.69) is 6.92 Å². The Morgan fingerprint density at radius 1 is 1.31 bits per heavy atom. The minimum absolute atomic E-state index is 0.00912. The van der Waals surface area contributed by atoms with E-state index in [4.69, 9.17) is 0 Å². The second-order valence-electron chi connectivity index (χ2n) is 9.19. The van der Waals surface area contributed by atoms with E-state index in [1.54, 1.807) is 12.2 Å². The van der Waals surface area contributed by atoms with Crippen LogP contribution in [0.4, 0.5) is 0 Å². The molecule has 0 radical (unpaired) electrons. The highest BCUT2D eigenvalue weighted by molar-refractivity contribution is 6.01. The van der Waals surface area contributed by atoms with Crippen LogP contribution < -0.4 is 0 Å². The minimum atomic E-state index is -1.56. The van der Waals surface area contributed by atoms with E-state index in [1.165, 1.54) is 0 Å². The standard InChI is InChI=1S/C21H28O5/c1-19-7-5-13(23)9-12(19)3-4-14-15-6-8-21(26,17(25)11-22)20(15,2)10-16(24)18(14)19/h5,7,9,14-16,18,22,24,26H,3-4,6,8,10-11H2,1-2H3/t14-,15+,16-,18+,19-,20-,21+/m0/s1. The van der Waals surface area contributed by atoms with Gasteiger partial charge in [-0.05, 0) is 56.1 Å². The zero-order valence-corrected chi connectivity index (χ0v) is 15.4. The molecule has 0 spiro atoms. The van der Waals surface area contributed by atoms with Gasteiger partial charge in [0.25, 0.3) is 0 Å². The summed E-state index contributed by atoms with van der Waals surface area (Å²) in [5.74, 6) is -0.227. The fraction of sp³-hybridized carbons (Fsp3) is 0.714. The van der Waals surface area contributed by atoms with Gasteiger partial charge in [-0.3, -0.25) is 9.59 Å². The number of ketones is 2. The highest BCUT2D eigenvalue weighted by atomic mass is 16.3. The SMILES string of the molecule is C[C@]12C=CC(=O)C=C1CC[C@@H]1[C@@H]2[C@@H](O)C[C@@]2(C)[C@@H]1CC[C@@]2(O)C(=O)CO. The molecule has 3 N–H and O–H groups in total. The minimum Gasteiger partial charge on any atom is -0.393 e. The highest BCUT2D eigenvalue weighted by Crippen LogP contribution is 2.67. The molecule has 4 rings (SSSR count). The van der Waals surface area contributed by atoms with Crippen molar-refractivity contribution in [1.29, 1.82) is 0 Å². The van der Waals surface area contributed by atoms with Crippen LogP contribution in [0, 0.1) is 28.6 Å². The Morgan fingerprint density at radius 2 is 2.04 bits per heavy atom. The van der Waals surface area contributed by atoms with Gasteiger partial charge < -0.3 is 15.3 Å². The zero-order chi connectivity index (χ0) is 18.9. The van der Waals surface area contributed by atoms with Crippen molar-refractivity contribution in [3.8, 4) is 0 Å². The average Bonchev–Trinajstić information content (AvgIpc) is 2.86. The molecule has 5 nitrogen and oxygen atoms in total. The fourth-order valence-corrected chi connectivity index (χ4v) is 6.92. The Kier molecular flexibility index (Phi) is 3.89. The normalized spacial score (nSPS) is 49.9. The maximum Gasteiger partial charge on any atom is 0.190 e. The first-order chi connectivity index (χ1) is 12.2. The maximum atomic E-state index is 12.4. The van der Waals surface area contributed by atoms with Gasteiger partial charge in [-0.25, -0.2) is 0 Å². The van der Waals surface area contributed by atoms with Gasteiger partial charge >= 0.3 is 0 Å². The third-order valence-corrected chi connectivity index (χ3v) is 8.25. The van der Waals surface area contributed by atoms with Crippen molar-refractivity contribution >= 4 is 11.6 Å². The summed E-state index contributed by atoms with van der Waals surface area (Å²) in [6.07, 6.45) is 7.68. The Labute approximate surface area is 153 Å². The summed E-state index contributed by atoms with van der Waals surface area (Å²) in [6.45, 7) is 3.34. The van der Waals surface area contributed by atoms with Gasteiger partial charge in [0.2, 0.25) is 0 Å². The molecule has 3 saturated carbocycles. The molecule has 4 aliphatic rings. The summed E-state index contributed by atoms with van der Waals surface area (Å²) in [4.78, 5) is 24.2. The van der Waals surface area contributed by atoms with Crippen LogP contribution in [0.1, 0.15) is 46.0 Å². The molecular formula is C21H28O5. The number of aliphatic hydroxyl groups excluding tert-OH is 2. The van der Waals surface area contributed by atoms with Crippen molar-refractivity contribution in [1.82, 2.24) is 0 Å². The molecule has 0 aromatic rings. The van der Waals surface area contributed by atoms with Crippen molar-refractivity contribution in [2.75, 3.05) is 6.61 Å². The van der Waals surface area contributed by atoms with E-state index in [0.717, 1.165) is 24.8 Å². The van der Waals surface area contributed by atoms with Gasteiger partial charge in [-0.1, -0.05) is 25.5 Å². The van der Waals surface area contributed by atoms with Gasteiger partial charge in [0.05, 0.1) is 6.10 Å². The number of hydrogen-bond donors (Lipinski definition) is 3. The van der Waals surface area contributed by atoms with E-state index in [0.29, 0.717) is 12.8 Å². The molecule has 4 aliphatic carbocycles. The van der Waals surface area contributed by atoms with Crippen molar-refractivity contribution in [3.63, 3.8) is 0 Å². The maximum absolute atomic E-state index is 12.4. The quantitative estimate of drug-likeness (QED) is 0.695. The summed E-state index contributed by atoms with van der Waals surface area (Å²) in [5, 5.41) is 31.7. The molecule has 0 aromatic heterocycles. The van der Waals surface area contributed by atoms with Crippen LogP contribution in [0.5, 0.6) is 0 Å². The number of Topliss-reactive ketones (excluding diaryl/α,β-unsaturated/α-hetero) is 1. The summed E-state index contributed by atoms with van der Waals surface area (Å²) in [7, 11) is 0. The molecular weight excluding hydrogens is 332 g/mol. The Bertz CT molecular complexity index is 724. The lowest BCUT2D eigenvalue weighted by atomic mass is 9.46. The number of rotatable bonds is 2. The van der Waals surface area contributed by atoms with E-state index in [9.17, 15) is 24.9 Å². The number of allylic oxidation sites excluding steroid dienone is 4. The molecule has 7 atom stereocenters. The first-order valence-corrected chi connectivity index (χ1v) is 9.66. The predicted octanol–water partition coefficient (Wildman–Crippen LogP) is 1.56. The Morgan fingerprint density at radius 3 is 2.73 bits per heavy atom. The Balaban J connectivity index is 1.75. The third kappa shape index (κ3) is 2.08. The van der Waals surface area contributed by atoms with Crippen LogP contribution in [0.3, 0.4) is 0 Å². The summed E-state index contributed by atoms with van der Waals surface area (Å²) in [5.41, 5.74) is -1.54. The van der Waals surface area contributed by atoms with Crippen LogP contribution >= 0.6 is 0 Å². The lowest BCUT2D eigenvalue weighted by Crippen LogP contribution is -2.61. The highest BCUT2D eigenvalue weighted by Gasteiger charge is 2.67. The Hall–Kier alpha value is -1.30. The van der Waals surface area contributed by atoms with Gasteiger partial charge in [-0.15, -0.1) is 0 Å². The van der Waals surface area contributed by atoms with Gasteiger partial charge in [0, 0.05) is 16.7 Å². The van der Waals surface area contributed by atoms with E-state index < -0.39 is 29.5 Å². The smallest absolute Gasteiger partial charge is 0.190 e. The fourth-order valence-electron chi connectivity index (χ4n) is 6.92. The predicted molar refractivity (Wildman–Crippen MR) is 95.0 cm³/mol. The van der Waals surface area contributed by atoms with Crippen LogP contribution in [-0.4, -0.2) is 45.2 Å².